The standard InChI is InChI=1S/C18H19F3N2/c1-13-10-17(21)18(11-16(13)20)23-8-6-22(7-9-23)12-14-4-2-3-5-15(14)19/h2-5,10-11H,6-9,12H2,1H3. The minimum absolute atomic E-state index is 0.207. The molecule has 2 aromatic rings. The maximum Gasteiger partial charge on any atom is 0.146 e. The molecule has 0 bridgehead atoms. The molecule has 1 saturated heterocycles. The molecule has 0 unspecified atom stereocenters. The van der Waals surface area contributed by atoms with Crippen LogP contribution in [0.25, 0.3) is 0 Å². The molecule has 1 heterocycles. The Morgan fingerprint density at radius 2 is 1.57 bits per heavy atom. The zero-order valence-electron chi connectivity index (χ0n) is 13.0. The number of hydrogen-bond acceptors (Lipinski definition) is 2. The molecule has 0 aliphatic carbocycles. The van der Waals surface area contributed by atoms with E-state index in [1.165, 1.54) is 18.2 Å². The molecule has 1 fully saturated rings. The molecule has 3 rings (SSSR count). The van der Waals surface area contributed by atoms with E-state index in [0.717, 1.165) is 0 Å². The van der Waals surface area contributed by atoms with Crippen LogP contribution in [-0.2, 0) is 6.54 Å². The van der Waals surface area contributed by atoms with Crippen LogP contribution in [0.5, 0.6) is 0 Å². The Bertz CT molecular complexity index is 695. The summed E-state index contributed by atoms with van der Waals surface area (Å²) in [5, 5.41) is 0. The molecule has 0 saturated carbocycles. The largest absolute Gasteiger partial charge is 0.367 e. The zero-order valence-corrected chi connectivity index (χ0v) is 13.0. The summed E-state index contributed by atoms with van der Waals surface area (Å²) in [6.45, 7) is 4.63. The molecule has 0 N–H and O–H groups in total. The lowest BCUT2D eigenvalue weighted by atomic mass is 10.1. The summed E-state index contributed by atoms with van der Waals surface area (Å²) >= 11 is 0. The van der Waals surface area contributed by atoms with E-state index in [0.29, 0.717) is 49.5 Å². The third kappa shape index (κ3) is 3.50. The van der Waals surface area contributed by atoms with Crippen LogP contribution in [0, 0.1) is 24.4 Å². The van der Waals surface area contributed by atoms with Gasteiger partial charge in [0.05, 0.1) is 5.69 Å². The third-order valence-corrected chi connectivity index (χ3v) is 4.29. The van der Waals surface area contributed by atoms with E-state index in [1.54, 1.807) is 19.1 Å². The first-order valence-corrected chi connectivity index (χ1v) is 7.71. The highest BCUT2D eigenvalue weighted by Crippen LogP contribution is 2.24. The maximum absolute atomic E-state index is 14.0. The van der Waals surface area contributed by atoms with Crippen molar-refractivity contribution in [1.29, 1.82) is 0 Å². The summed E-state index contributed by atoms with van der Waals surface area (Å²) in [7, 11) is 0. The van der Waals surface area contributed by atoms with Crippen molar-refractivity contribution in [2.75, 3.05) is 31.1 Å². The lowest BCUT2D eigenvalue weighted by molar-refractivity contribution is 0.246. The number of aryl methyl sites for hydroxylation is 1. The monoisotopic (exact) mass is 320 g/mol. The number of rotatable bonds is 3. The van der Waals surface area contributed by atoms with Crippen LogP contribution < -0.4 is 4.90 Å². The summed E-state index contributed by atoms with van der Waals surface area (Å²) < 4.78 is 41.4. The number of nitrogens with zero attached hydrogens (tertiary/aromatic N) is 2. The van der Waals surface area contributed by atoms with Gasteiger partial charge in [0, 0.05) is 44.4 Å². The zero-order chi connectivity index (χ0) is 16.4. The SMILES string of the molecule is Cc1cc(F)c(N2CCN(Cc3ccccc3F)CC2)cc1F. The van der Waals surface area contributed by atoms with E-state index in [4.69, 9.17) is 0 Å². The minimum Gasteiger partial charge on any atom is -0.367 e. The second-order valence-electron chi connectivity index (χ2n) is 5.91. The summed E-state index contributed by atoms with van der Waals surface area (Å²) in [5.74, 6) is -0.997. The first kappa shape index (κ1) is 15.9. The van der Waals surface area contributed by atoms with Crippen molar-refractivity contribution in [3.8, 4) is 0 Å². The topological polar surface area (TPSA) is 6.48 Å². The summed E-state index contributed by atoms with van der Waals surface area (Å²) in [6, 6.07) is 9.21. The number of anilines is 1. The van der Waals surface area contributed by atoms with Crippen molar-refractivity contribution in [1.82, 2.24) is 4.90 Å². The minimum atomic E-state index is -0.397. The van der Waals surface area contributed by atoms with E-state index in [1.807, 2.05) is 11.0 Å². The van der Waals surface area contributed by atoms with E-state index < -0.39 is 11.6 Å². The average Bonchev–Trinajstić information content (AvgIpc) is 2.54. The van der Waals surface area contributed by atoms with Gasteiger partial charge >= 0.3 is 0 Å². The molecule has 2 nitrogen and oxygen atoms in total. The Kier molecular flexibility index (Phi) is 4.57. The highest BCUT2D eigenvalue weighted by atomic mass is 19.1. The third-order valence-electron chi connectivity index (χ3n) is 4.29. The average molecular weight is 320 g/mol. The molecule has 0 atom stereocenters. The van der Waals surface area contributed by atoms with Crippen LogP contribution in [0.3, 0.4) is 0 Å². The first-order chi connectivity index (χ1) is 11.0. The predicted molar refractivity (Wildman–Crippen MR) is 85.0 cm³/mol. The molecule has 2 aromatic carbocycles. The summed E-state index contributed by atoms with van der Waals surface area (Å²) in [4.78, 5) is 3.97. The fourth-order valence-corrected chi connectivity index (χ4v) is 2.89. The van der Waals surface area contributed by atoms with Crippen LogP contribution in [0.15, 0.2) is 36.4 Å². The van der Waals surface area contributed by atoms with Gasteiger partial charge in [0.2, 0.25) is 0 Å². The van der Waals surface area contributed by atoms with E-state index in [2.05, 4.69) is 4.90 Å². The molecule has 5 heteroatoms. The van der Waals surface area contributed by atoms with Crippen molar-refractivity contribution < 1.29 is 13.2 Å². The molecule has 0 spiro atoms. The Hall–Kier alpha value is -2.01. The Morgan fingerprint density at radius 1 is 0.870 bits per heavy atom. The van der Waals surface area contributed by atoms with Gasteiger partial charge in [-0.05, 0) is 24.6 Å². The summed E-state index contributed by atoms with van der Waals surface area (Å²) in [6.07, 6.45) is 0. The molecule has 0 radical (unpaired) electrons. The van der Waals surface area contributed by atoms with Crippen LogP contribution in [-0.4, -0.2) is 31.1 Å². The number of benzene rings is 2. The first-order valence-electron chi connectivity index (χ1n) is 7.71. The van der Waals surface area contributed by atoms with Crippen molar-refractivity contribution in [2.24, 2.45) is 0 Å². The lowest BCUT2D eigenvalue weighted by Gasteiger charge is -2.36. The summed E-state index contributed by atoms with van der Waals surface area (Å²) in [5.41, 5.74) is 1.27. The molecule has 0 aromatic heterocycles. The van der Waals surface area contributed by atoms with Crippen molar-refractivity contribution in [3.05, 3.63) is 65.0 Å². The number of hydrogen-bond donors (Lipinski definition) is 0. The Labute approximate surface area is 134 Å². The fourth-order valence-electron chi connectivity index (χ4n) is 2.89. The molecule has 1 aliphatic rings. The molecular formula is C18H19F3N2. The fraction of sp³-hybridized carbons (Fsp3) is 0.333. The van der Waals surface area contributed by atoms with Gasteiger partial charge in [-0.3, -0.25) is 4.90 Å². The highest BCUT2D eigenvalue weighted by molar-refractivity contribution is 5.50. The van der Waals surface area contributed by atoms with Gasteiger partial charge in [0.1, 0.15) is 17.5 Å². The van der Waals surface area contributed by atoms with Gasteiger partial charge < -0.3 is 4.90 Å². The van der Waals surface area contributed by atoms with Crippen molar-refractivity contribution >= 4 is 5.69 Å². The normalized spacial score (nSPS) is 15.9. The molecule has 0 amide bonds. The Balaban J connectivity index is 1.65. The van der Waals surface area contributed by atoms with Crippen molar-refractivity contribution in [2.45, 2.75) is 13.5 Å². The van der Waals surface area contributed by atoms with Gasteiger partial charge in [-0.15, -0.1) is 0 Å². The second kappa shape index (κ2) is 6.62. The lowest BCUT2D eigenvalue weighted by Crippen LogP contribution is -2.46. The van der Waals surface area contributed by atoms with Crippen LogP contribution in [0.2, 0.25) is 0 Å². The molecular weight excluding hydrogens is 301 g/mol. The predicted octanol–water partition coefficient (Wildman–Crippen LogP) is 3.73. The van der Waals surface area contributed by atoms with Gasteiger partial charge in [-0.1, -0.05) is 18.2 Å². The molecule has 23 heavy (non-hydrogen) atoms. The van der Waals surface area contributed by atoms with E-state index >= 15 is 0 Å². The van der Waals surface area contributed by atoms with Crippen molar-refractivity contribution in [3.63, 3.8) is 0 Å². The Morgan fingerprint density at radius 3 is 2.26 bits per heavy atom. The van der Waals surface area contributed by atoms with Crippen LogP contribution in [0.1, 0.15) is 11.1 Å². The van der Waals surface area contributed by atoms with Gasteiger partial charge in [0.25, 0.3) is 0 Å². The highest BCUT2D eigenvalue weighted by Gasteiger charge is 2.21. The van der Waals surface area contributed by atoms with E-state index in [9.17, 15) is 13.2 Å². The quantitative estimate of drug-likeness (QED) is 0.850. The van der Waals surface area contributed by atoms with Gasteiger partial charge in [-0.25, -0.2) is 13.2 Å². The number of halogens is 3. The van der Waals surface area contributed by atoms with Gasteiger partial charge in [-0.2, -0.15) is 0 Å². The molecule has 122 valence electrons. The van der Waals surface area contributed by atoms with Crippen LogP contribution in [0.4, 0.5) is 18.9 Å². The van der Waals surface area contributed by atoms with E-state index in [-0.39, 0.29) is 5.82 Å². The smallest absolute Gasteiger partial charge is 0.146 e. The van der Waals surface area contributed by atoms with Gasteiger partial charge in [0.15, 0.2) is 0 Å². The van der Waals surface area contributed by atoms with Crippen LogP contribution >= 0.6 is 0 Å². The maximum atomic E-state index is 14.0. The molecule has 1 aliphatic heterocycles. The number of piperazine rings is 1. The second-order valence-corrected chi connectivity index (χ2v) is 5.91.